The lowest BCUT2D eigenvalue weighted by Crippen LogP contribution is -2.15. The van der Waals surface area contributed by atoms with Gasteiger partial charge in [-0.25, -0.2) is 9.97 Å². The van der Waals surface area contributed by atoms with Crippen LogP contribution in [0.5, 0.6) is 0 Å². The molecule has 1 aliphatic carbocycles. The Labute approximate surface area is 191 Å². The number of nitrogens with one attached hydrogen (secondary N) is 1. The summed E-state index contributed by atoms with van der Waals surface area (Å²) < 4.78 is 7.13. The maximum absolute atomic E-state index is 12.8. The molecule has 1 aliphatic rings. The number of carbonyl (C=O) groups is 1. The molecule has 0 aliphatic heterocycles. The van der Waals surface area contributed by atoms with Crippen LogP contribution in [-0.2, 0) is 23.2 Å². The summed E-state index contributed by atoms with van der Waals surface area (Å²) in [6.07, 6.45) is 6.28. The Morgan fingerprint density at radius 3 is 2.91 bits per heavy atom. The summed E-state index contributed by atoms with van der Waals surface area (Å²) in [5.41, 5.74) is 11.3. The molecule has 4 aromatic rings. The molecule has 1 amide bonds. The average Bonchev–Trinajstić information content (AvgIpc) is 3.47. The molecule has 5 rings (SSSR count). The van der Waals surface area contributed by atoms with Crippen molar-refractivity contribution in [2.24, 2.45) is 13.0 Å². The Morgan fingerprint density at radius 2 is 2.15 bits per heavy atom. The smallest absolute Gasteiger partial charge is 0.229 e. The van der Waals surface area contributed by atoms with Crippen LogP contribution in [0.3, 0.4) is 0 Å². The topological polar surface area (TPSA) is 108 Å². The van der Waals surface area contributed by atoms with Crippen LogP contribution >= 0.6 is 0 Å². The van der Waals surface area contributed by atoms with Crippen molar-refractivity contribution in [3.05, 3.63) is 65.6 Å². The second kappa shape index (κ2) is 8.29. The normalized spacial score (nSPS) is 17.3. The van der Waals surface area contributed by atoms with Crippen LogP contribution in [-0.4, -0.2) is 32.8 Å². The fourth-order valence-electron chi connectivity index (χ4n) is 4.44. The number of ether oxygens (including phenoxy) is 1. The molecule has 8 nitrogen and oxygen atoms in total. The van der Waals surface area contributed by atoms with E-state index in [-0.39, 0.29) is 17.7 Å². The van der Waals surface area contributed by atoms with Gasteiger partial charge in [0.05, 0.1) is 18.5 Å². The highest BCUT2D eigenvalue weighted by Gasteiger charge is 2.44. The number of nitrogens with two attached hydrogens (primary N) is 1. The van der Waals surface area contributed by atoms with E-state index in [0.29, 0.717) is 18.2 Å². The van der Waals surface area contributed by atoms with Crippen LogP contribution in [0.15, 0.2) is 48.9 Å². The van der Waals surface area contributed by atoms with Gasteiger partial charge >= 0.3 is 0 Å². The Kier molecular flexibility index (Phi) is 5.30. The number of benzene rings is 1. The molecular formula is C25H26N6O2. The molecule has 3 heterocycles. The first-order valence-electron chi connectivity index (χ1n) is 10.9. The van der Waals surface area contributed by atoms with Gasteiger partial charge in [0.1, 0.15) is 11.6 Å². The highest BCUT2D eigenvalue weighted by Crippen LogP contribution is 2.47. The third-order valence-electron chi connectivity index (χ3n) is 6.19. The maximum atomic E-state index is 12.8. The van der Waals surface area contributed by atoms with Crippen molar-refractivity contribution in [2.45, 2.75) is 25.9 Å². The van der Waals surface area contributed by atoms with Crippen molar-refractivity contribution in [2.75, 3.05) is 18.2 Å². The number of pyridine rings is 2. The van der Waals surface area contributed by atoms with Crippen LogP contribution in [0.4, 0.5) is 11.6 Å². The van der Waals surface area contributed by atoms with Gasteiger partial charge in [0.15, 0.2) is 0 Å². The molecule has 0 spiro atoms. The number of fused-ring (bicyclic) bond motifs is 1. The van der Waals surface area contributed by atoms with Gasteiger partial charge < -0.3 is 15.8 Å². The zero-order chi connectivity index (χ0) is 23.1. The minimum atomic E-state index is -0.0617. The number of rotatable bonds is 6. The molecular weight excluding hydrogens is 416 g/mol. The molecule has 0 bridgehead atoms. The lowest BCUT2D eigenvalue weighted by Gasteiger charge is -2.14. The summed E-state index contributed by atoms with van der Waals surface area (Å²) in [5.74, 6) is 1.03. The molecule has 8 heteroatoms. The molecule has 1 fully saturated rings. The molecule has 0 radical (unpaired) electrons. The lowest BCUT2D eigenvalue weighted by atomic mass is 9.98. The van der Waals surface area contributed by atoms with Gasteiger partial charge in [-0.2, -0.15) is 5.10 Å². The predicted octanol–water partition coefficient (Wildman–Crippen LogP) is 3.81. The lowest BCUT2D eigenvalue weighted by molar-refractivity contribution is -0.117. The molecule has 2 atom stereocenters. The summed E-state index contributed by atoms with van der Waals surface area (Å²) >= 11 is 0. The summed E-state index contributed by atoms with van der Waals surface area (Å²) in [4.78, 5) is 21.8. The van der Waals surface area contributed by atoms with Gasteiger partial charge in [-0.05, 0) is 53.5 Å². The third-order valence-corrected chi connectivity index (χ3v) is 6.19. The van der Waals surface area contributed by atoms with E-state index in [4.69, 9.17) is 10.5 Å². The van der Waals surface area contributed by atoms with Crippen molar-refractivity contribution < 1.29 is 9.53 Å². The molecule has 0 saturated heterocycles. The van der Waals surface area contributed by atoms with Gasteiger partial charge in [0, 0.05) is 43.4 Å². The second-order valence-corrected chi connectivity index (χ2v) is 8.61. The fraction of sp³-hybridized carbons (Fsp3) is 0.280. The average molecular weight is 443 g/mol. The summed E-state index contributed by atoms with van der Waals surface area (Å²) in [7, 11) is 3.55. The number of carbonyl (C=O) groups excluding carboxylic acids is 1. The molecule has 1 aromatic carbocycles. The first-order valence-corrected chi connectivity index (χ1v) is 10.9. The largest absolute Gasteiger partial charge is 0.383 e. The number of hydrogen-bond acceptors (Lipinski definition) is 6. The number of amides is 1. The van der Waals surface area contributed by atoms with E-state index in [1.165, 1.54) is 0 Å². The quantitative estimate of drug-likeness (QED) is 0.470. The van der Waals surface area contributed by atoms with E-state index in [0.717, 1.165) is 45.1 Å². The van der Waals surface area contributed by atoms with E-state index in [2.05, 4.69) is 20.4 Å². The monoisotopic (exact) mass is 442 g/mol. The summed E-state index contributed by atoms with van der Waals surface area (Å²) in [6.45, 7) is 2.52. The van der Waals surface area contributed by atoms with Crippen LogP contribution in [0.2, 0.25) is 0 Å². The number of methoxy groups -OCH3 is 1. The number of aryl methyl sites for hydroxylation is 2. The Morgan fingerprint density at radius 1 is 1.30 bits per heavy atom. The zero-order valence-electron chi connectivity index (χ0n) is 18.9. The van der Waals surface area contributed by atoms with Crippen molar-refractivity contribution in [1.82, 2.24) is 19.7 Å². The van der Waals surface area contributed by atoms with Gasteiger partial charge in [-0.15, -0.1) is 0 Å². The minimum Gasteiger partial charge on any atom is -0.383 e. The van der Waals surface area contributed by atoms with Crippen molar-refractivity contribution in [1.29, 1.82) is 0 Å². The SMILES string of the molecule is COCc1cccc(C)c1-c1cc2cc(NC(=O)[C@H]3C[C@@H]3c3cnn(C)c3)ncc2c(N)n1. The van der Waals surface area contributed by atoms with Crippen molar-refractivity contribution in [3.8, 4) is 11.3 Å². The first-order chi connectivity index (χ1) is 15.9. The molecule has 3 aromatic heterocycles. The van der Waals surface area contributed by atoms with Crippen LogP contribution in [0, 0.1) is 12.8 Å². The van der Waals surface area contributed by atoms with Gasteiger partial charge in [-0.1, -0.05) is 18.2 Å². The molecule has 3 N–H and O–H groups in total. The number of anilines is 2. The third kappa shape index (κ3) is 4.05. The number of nitrogen functional groups attached to an aromatic ring is 1. The van der Waals surface area contributed by atoms with Crippen molar-refractivity contribution >= 4 is 28.3 Å². The molecule has 0 unspecified atom stereocenters. The highest BCUT2D eigenvalue weighted by molar-refractivity contribution is 5.99. The summed E-state index contributed by atoms with van der Waals surface area (Å²) in [5, 5.41) is 8.79. The van der Waals surface area contributed by atoms with E-state index < -0.39 is 0 Å². The first kappa shape index (κ1) is 21.1. The van der Waals surface area contributed by atoms with Crippen LogP contribution < -0.4 is 11.1 Å². The minimum absolute atomic E-state index is 0.0285. The number of nitrogens with zero attached hydrogens (tertiary/aromatic N) is 4. The van der Waals surface area contributed by atoms with E-state index >= 15 is 0 Å². The Bertz CT molecular complexity index is 1360. The van der Waals surface area contributed by atoms with E-state index in [9.17, 15) is 4.79 Å². The Balaban J connectivity index is 1.43. The van der Waals surface area contributed by atoms with Gasteiger partial charge in [0.25, 0.3) is 0 Å². The second-order valence-electron chi connectivity index (χ2n) is 8.61. The van der Waals surface area contributed by atoms with Crippen LogP contribution in [0.1, 0.15) is 29.0 Å². The summed E-state index contributed by atoms with van der Waals surface area (Å²) in [6, 6.07) is 9.92. The standard InChI is InChI=1S/C25H26N6O2/c1-14-5-4-6-15(13-33-3)23(14)21-7-16-8-22(27-11-20(16)24(26)29-21)30-25(32)19-9-18(19)17-10-28-31(2)12-17/h4-8,10-12,18-19H,9,13H2,1-3H3,(H2,26,29)(H,27,30,32)/t18-,19+/m1/s1. The predicted molar refractivity (Wildman–Crippen MR) is 128 cm³/mol. The molecule has 1 saturated carbocycles. The van der Waals surface area contributed by atoms with E-state index in [1.54, 1.807) is 18.0 Å². The van der Waals surface area contributed by atoms with Crippen molar-refractivity contribution in [3.63, 3.8) is 0 Å². The fourth-order valence-corrected chi connectivity index (χ4v) is 4.44. The number of aromatic nitrogens is 4. The van der Waals surface area contributed by atoms with E-state index in [1.807, 2.05) is 56.7 Å². The highest BCUT2D eigenvalue weighted by atomic mass is 16.5. The molecule has 33 heavy (non-hydrogen) atoms. The zero-order valence-corrected chi connectivity index (χ0v) is 18.9. The Hall–Kier alpha value is -3.78. The van der Waals surface area contributed by atoms with Gasteiger partial charge in [-0.3, -0.25) is 9.48 Å². The molecule has 168 valence electrons. The van der Waals surface area contributed by atoms with Gasteiger partial charge in [0.2, 0.25) is 5.91 Å². The number of hydrogen-bond donors (Lipinski definition) is 2. The van der Waals surface area contributed by atoms with Crippen LogP contribution in [0.25, 0.3) is 22.0 Å². The maximum Gasteiger partial charge on any atom is 0.229 e.